The minimum Gasteiger partial charge on any atom is -0.289 e. The largest absolute Gasteiger partial charge is 0.289 e. The van der Waals surface area contributed by atoms with Crippen LogP contribution in [0.3, 0.4) is 0 Å². The van der Waals surface area contributed by atoms with Crippen LogP contribution in [0.4, 0.5) is 5.82 Å². The van der Waals surface area contributed by atoms with Crippen molar-refractivity contribution in [2.45, 2.75) is 13.1 Å². The number of nitrogens with zero attached hydrogens (tertiary/aromatic N) is 5. The Labute approximate surface area is 175 Å². The lowest BCUT2D eigenvalue weighted by Gasteiger charge is -2.20. The van der Waals surface area contributed by atoms with Crippen LogP contribution < -0.4 is 4.90 Å². The summed E-state index contributed by atoms with van der Waals surface area (Å²) >= 11 is 0. The number of rotatable bonds is 7. The van der Waals surface area contributed by atoms with Gasteiger partial charge in [-0.3, -0.25) is 9.69 Å². The molecule has 0 atom stereocenters. The first kappa shape index (κ1) is 19.3. The third kappa shape index (κ3) is 5.05. The molecule has 0 fully saturated rings. The molecule has 148 valence electrons. The summed E-state index contributed by atoms with van der Waals surface area (Å²) < 4.78 is 1.75. The number of hydrogen-bond donors (Lipinski definition) is 0. The molecule has 6 heteroatoms. The summed E-state index contributed by atoms with van der Waals surface area (Å²) in [6.07, 6.45) is 6.69. The lowest BCUT2D eigenvalue weighted by atomic mass is 10.2. The molecular weight excluding hydrogens is 374 g/mol. The number of aromatic nitrogens is 4. The second-order valence-corrected chi connectivity index (χ2v) is 6.76. The minimum atomic E-state index is -0.171. The molecule has 0 bridgehead atoms. The van der Waals surface area contributed by atoms with Crippen LogP contribution in [0.2, 0.25) is 0 Å². The predicted octanol–water partition coefficient (Wildman–Crippen LogP) is 3.97. The predicted molar refractivity (Wildman–Crippen MR) is 116 cm³/mol. The van der Waals surface area contributed by atoms with Crippen LogP contribution in [-0.2, 0) is 17.9 Å². The summed E-state index contributed by atoms with van der Waals surface area (Å²) in [5, 5.41) is 8.28. The highest BCUT2D eigenvalue weighted by Gasteiger charge is 2.15. The average molecular weight is 395 g/mol. The molecule has 0 unspecified atom stereocenters. The van der Waals surface area contributed by atoms with Crippen molar-refractivity contribution in [3.63, 3.8) is 0 Å². The van der Waals surface area contributed by atoms with E-state index in [0.29, 0.717) is 24.6 Å². The molecule has 0 aliphatic rings. The number of anilines is 1. The van der Waals surface area contributed by atoms with Gasteiger partial charge in [0.25, 0.3) is 5.91 Å². The lowest BCUT2D eigenvalue weighted by Crippen LogP contribution is -2.29. The Hall–Kier alpha value is -4.06. The molecule has 6 nitrogen and oxygen atoms in total. The molecule has 2 aromatic carbocycles. The number of carbonyl (C=O) groups excluding carboxylic acids is 1. The van der Waals surface area contributed by atoms with Crippen LogP contribution in [0.5, 0.6) is 0 Å². The van der Waals surface area contributed by atoms with Crippen LogP contribution >= 0.6 is 0 Å². The van der Waals surface area contributed by atoms with Crippen molar-refractivity contribution in [2.24, 2.45) is 0 Å². The van der Waals surface area contributed by atoms with Crippen LogP contribution in [-0.4, -0.2) is 25.9 Å². The van der Waals surface area contributed by atoms with Gasteiger partial charge in [-0.05, 0) is 29.3 Å². The molecule has 0 spiro atoms. The maximum absolute atomic E-state index is 13.0. The Morgan fingerprint density at radius 1 is 0.900 bits per heavy atom. The smallest absolute Gasteiger partial charge is 0.252 e. The third-order valence-corrected chi connectivity index (χ3v) is 4.52. The van der Waals surface area contributed by atoms with Crippen molar-refractivity contribution in [1.82, 2.24) is 20.0 Å². The Morgan fingerprint density at radius 2 is 1.60 bits per heavy atom. The first-order chi connectivity index (χ1) is 14.8. The molecule has 0 saturated carbocycles. The molecule has 1 amide bonds. The summed E-state index contributed by atoms with van der Waals surface area (Å²) in [5.41, 5.74) is 2.79. The third-order valence-electron chi connectivity index (χ3n) is 4.52. The second kappa shape index (κ2) is 9.43. The van der Waals surface area contributed by atoms with E-state index in [1.807, 2.05) is 85.1 Å². The Kier molecular flexibility index (Phi) is 6.05. The van der Waals surface area contributed by atoms with E-state index in [1.165, 1.54) is 6.08 Å². The van der Waals surface area contributed by atoms with E-state index in [0.717, 1.165) is 11.1 Å². The van der Waals surface area contributed by atoms with Gasteiger partial charge in [0.1, 0.15) is 11.5 Å². The van der Waals surface area contributed by atoms with Crippen LogP contribution in [0.25, 0.3) is 6.08 Å². The number of carbonyl (C=O) groups is 1. The van der Waals surface area contributed by atoms with Crippen LogP contribution in [0, 0.1) is 0 Å². The number of hydrogen-bond acceptors (Lipinski definition) is 4. The van der Waals surface area contributed by atoms with Gasteiger partial charge < -0.3 is 0 Å². The molecule has 2 aromatic heterocycles. The quantitative estimate of drug-likeness (QED) is 0.444. The molecule has 2 heterocycles. The minimum absolute atomic E-state index is 0.171. The molecule has 0 saturated heterocycles. The van der Waals surface area contributed by atoms with E-state index in [-0.39, 0.29) is 5.91 Å². The highest BCUT2D eigenvalue weighted by atomic mass is 16.2. The van der Waals surface area contributed by atoms with Gasteiger partial charge in [-0.25, -0.2) is 9.67 Å². The van der Waals surface area contributed by atoms with Crippen LogP contribution in [0.1, 0.15) is 16.8 Å². The molecule has 30 heavy (non-hydrogen) atoms. The Balaban J connectivity index is 1.49. The number of benzene rings is 2. The van der Waals surface area contributed by atoms with Crippen LogP contribution in [0.15, 0.2) is 97.3 Å². The molecule has 0 aliphatic heterocycles. The monoisotopic (exact) mass is 395 g/mol. The van der Waals surface area contributed by atoms with Crippen molar-refractivity contribution >= 4 is 17.8 Å². The van der Waals surface area contributed by atoms with E-state index in [4.69, 9.17) is 0 Å². The fraction of sp³-hybridized carbons (Fsp3) is 0.0833. The summed E-state index contributed by atoms with van der Waals surface area (Å²) in [5.74, 6) is 0.430. The maximum atomic E-state index is 13.0. The van der Waals surface area contributed by atoms with Gasteiger partial charge in [-0.1, -0.05) is 71.9 Å². The van der Waals surface area contributed by atoms with Gasteiger partial charge in [-0.15, -0.1) is 5.10 Å². The summed E-state index contributed by atoms with van der Waals surface area (Å²) in [6.45, 7) is 1.06. The van der Waals surface area contributed by atoms with E-state index in [2.05, 4.69) is 15.3 Å². The highest BCUT2D eigenvalue weighted by Crippen LogP contribution is 2.15. The number of pyridine rings is 1. The second-order valence-electron chi connectivity index (χ2n) is 6.76. The van der Waals surface area contributed by atoms with Gasteiger partial charge in [-0.2, -0.15) is 0 Å². The Bertz CT molecular complexity index is 1110. The van der Waals surface area contributed by atoms with Crippen molar-refractivity contribution in [3.8, 4) is 0 Å². The highest BCUT2D eigenvalue weighted by molar-refractivity contribution is 6.03. The summed E-state index contributed by atoms with van der Waals surface area (Å²) in [6, 6.07) is 25.4. The van der Waals surface area contributed by atoms with Crippen molar-refractivity contribution in [1.29, 1.82) is 0 Å². The lowest BCUT2D eigenvalue weighted by molar-refractivity contribution is -0.114. The van der Waals surface area contributed by atoms with Gasteiger partial charge in [0.05, 0.1) is 19.3 Å². The van der Waals surface area contributed by atoms with Gasteiger partial charge in [0.15, 0.2) is 0 Å². The Morgan fingerprint density at radius 3 is 2.30 bits per heavy atom. The maximum Gasteiger partial charge on any atom is 0.252 e. The molecule has 0 N–H and O–H groups in total. The fourth-order valence-electron chi connectivity index (χ4n) is 3.04. The molecule has 0 radical (unpaired) electrons. The summed E-state index contributed by atoms with van der Waals surface area (Å²) in [4.78, 5) is 18.9. The van der Waals surface area contributed by atoms with E-state index >= 15 is 0 Å². The topological polar surface area (TPSA) is 63.9 Å². The zero-order valence-corrected chi connectivity index (χ0v) is 16.4. The van der Waals surface area contributed by atoms with E-state index in [9.17, 15) is 4.79 Å². The van der Waals surface area contributed by atoms with Crippen molar-refractivity contribution in [3.05, 3.63) is 114 Å². The zero-order chi connectivity index (χ0) is 20.6. The standard InChI is InChI=1S/C24H21N5O/c30-24(15-14-22-19-28(27-26-22)17-20-9-3-1-4-10-20)29(23-13-7-8-16-25-23)18-21-11-5-2-6-12-21/h1-16,19H,17-18H2. The van der Waals surface area contributed by atoms with Gasteiger partial charge in [0, 0.05) is 12.3 Å². The average Bonchev–Trinajstić information content (AvgIpc) is 3.25. The summed E-state index contributed by atoms with van der Waals surface area (Å²) in [7, 11) is 0. The molecular formula is C24H21N5O. The molecule has 0 aliphatic carbocycles. The number of amides is 1. The van der Waals surface area contributed by atoms with E-state index < -0.39 is 0 Å². The molecule has 4 aromatic rings. The zero-order valence-electron chi connectivity index (χ0n) is 16.4. The van der Waals surface area contributed by atoms with Crippen molar-refractivity contribution in [2.75, 3.05) is 4.90 Å². The SMILES string of the molecule is O=C(C=Cc1cn(Cc2ccccc2)nn1)N(Cc1ccccc1)c1ccccn1. The molecule has 4 rings (SSSR count). The van der Waals surface area contributed by atoms with E-state index in [1.54, 1.807) is 21.9 Å². The van der Waals surface area contributed by atoms with Gasteiger partial charge in [0.2, 0.25) is 0 Å². The first-order valence-corrected chi connectivity index (χ1v) is 9.66. The first-order valence-electron chi connectivity index (χ1n) is 9.66. The fourth-order valence-corrected chi connectivity index (χ4v) is 3.04. The van der Waals surface area contributed by atoms with Gasteiger partial charge >= 0.3 is 0 Å². The van der Waals surface area contributed by atoms with Crippen molar-refractivity contribution < 1.29 is 4.79 Å². The normalized spacial score (nSPS) is 10.9.